The highest BCUT2D eigenvalue weighted by molar-refractivity contribution is 5.95. The number of hydrogen-bond donors (Lipinski definition) is 2. The van der Waals surface area contributed by atoms with Crippen LogP contribution in [0, 0.1) is 11.3 Å². The first-order valence-corrected chi connectivity index (χ1v) is 7.43. The fourth-order valence-corrected chi connectivity index (χ4v) is 2.03. The molecule has 0 radical (unpaired) electrons. The van der Waals surface area contributed by atoms with Gasteiger partial charge in [-0.25, -0.2) is 0 Å². The summed E-state index contributed by atoms with van der Waals surface area (Å²) in [4.78, 5) is 23.8. The molecule has 0 heterocycles. The van der Waals surface area contributed by atoms with Gasteiger partial charge in [0.15, 0.2) is 6.61 Å². The van der Waals surface area contributed by atoms with Gasteiger partial charge in [-0.05, 0) is 29.8 Å². The summed E-state index contributed by atoms with van der Waals surface area (Å²) in [6.45, 7) is 0.0578. The first kappa shape index (κ1) is 18.0. The first-order chi connectivity index (χ1) is 12.1. The second-order valence-corrected chi connectivity index (χ2v) is 5.03. The number of benzene rings is 2. The molecule has 0 unspecified atom stereocenters. The van der Waals surface area contributed by atoms with E-state index in [0.29, 0.717) is 23.5 Å². The number of nitrogens with zero attached hydrogens (tertiary/aromatic N) is 1. The topological polar surface area (TPSA) is 100 Å². The van der Waals surface area contributed by atoms with Crippen LogP contribution in [0.5, 0.6) is 5.75 Å². The second-order valence-electron chi connectivity index (χ2n) is 5.03. The number of hydrogen-bond acceptors (Lipinski definition) is 5. The fraction of sp³-hybridized carbons (Fsp3) is 0.167. The van der Waals surface area contributed by atoms with Crippen molar-refractivity contribution in [2.45, 2.75) is 6.61 Å². The Kier molecular flexibility index (Phi) is 6.51. The molecule has 0 fully saturated rings. The largest absolute Gasteiger partial charge is 0.482 e. The van der Waals surface area contributed by atoms with Gasteiger partial charge in [-0.2, -0.15) is 5.26 Å². The smallest absolute Gasteiger partial charge is 0.276 e. The molecule has 128 valence electrons. The molecule has 2 aromatic rings. The molecule has 0 aliphatic carbocycles. The Morgan fingerprint density at radius 2 is 1.92 bits per heavy atom. The molecule has 0 spiro atoms. The Morgan fingerprint density at radius 1 is 1.12 bits per heavy atom. The highest BCUT2D eigenvalue weighted by atomic mass is 16.5. The van der Waals surface area contributed by atoms with Gasteiger partial charge >= 0.3 is 0 Å². The minimum Gasteiger partial charge on any atom is -0.482 e. The van der Waals surface area contributed by atoms with Crippen LogP contribution >= 0.6 is 0 Å². The quantitative estimate of drug-likeness (QED) is 0.778. The van der Waals surface area contributed by atoms with E-state index in [1.165, 1.54) is 0 Å². The number of carbonyl (C=O) groups excluding carboxylic acids is 2. The summed E-state index contributed by atoms with van der Waals surface area (Å²) in [5.41, 5.74) is 6.14. The normalized spacial score (nSPS) is 9.76. The van der Waals surface area contributed by atoms with E-state index >= 15 is 0 Å². The van der Waals surface area contributed by atoms with E-state index in [1.54, 1.807) is 49.6 Å². The number of nitriles is 1. The highest BCUT2D eigenvalue weighted by Gasteiger charge is 2.09. The fourth-order valence-electron chi connectivity index (χ4n) is 2.03. The SMILES string of the molecule is COCc1cccc(C(=O)NNC(=O)COc2ccccc2C#N)c1. The minimum atomic E-state index is -0.547. The Labute approximate surface area is 145 Å². The van der Waals surface area contributed by atoms with Gasteiger partial charge in [-0.1, -0.05) is 24.3 Å². The molecule has 2 N–H and O–H groups in total. The van der Waals surface area contributed by atoms with Crippen molar-refractivity contribution in [1.82, 2.24) is 10.9 Å². The van der Waals surface area contributed by atoms with Gasteiger partial charge in [0.25, 0.3) is 11.8 Å². The van der Waals surface area contributed by atoms with E-state index in [0.717, 1.165) is 5.56 Å². The third kappa shape index (κ3) is 5.34. The Balaban J connectivity index is 1.84. The van der Waals surface area contributed by atoms with E-state index in [-0.39, 0.29) is 6.61 Å². The predicted octanol–water partition coefficient (Wildman–Crippen LogP) is 1.54. The number of rotatable bonds is 6. The predicted molar refractivity (Wildman–Crippen MR) is 89.4 cm³/mol. The zero-order valence-corrected chi connectivity index (χ0v) is 13.6. The van der Waals surface area contributed by atoms with Gasteiger partial charge < -0.3 is 9.47 Å². The summed E-state index contributed by atoms with van der Waals surface area (Å²) in [5.74, 6) is -0.698. The lowest BCUT2D eigenvalue weighted by Gasteiger charge is -2.10. The van der Waals surface area contributed by atoms with Crippen LogP contribution in [-0.2, 0) is 16.1 Å². The maximum absolute atomic E-state index is 12.0. The number of ether oxygens (including phenoxy) is 2. The lowest BCUT2D eigenvalue weighted by atomic mass is 10.1. The zero-order valence-electron chi connectivity index (χ0n) is 13.6. The third-order valence-electron chi connectivity index (χ3n) is 3.18. The third-order valence-corrected chi connectivity index (χ3v) is 3.18. The van der Waals surface area contributed by atoms with E-state index < -0.39 is 11.8 Å². The molecule has 0 saturated carbocycles. The van der Waals surface area contributed by atoms with Gasteiger partial charge in [0.1, 0.15) is 11.8 Å². The van der Waals surface area contributed by atoms with Crippen LogP contribution in [0.3, 0.4) is 0 Å². The average molecular weight is 339 g/mol. The van der Waals surface area contributed by atoms with E-state index in [2.05, 4.69) is 10.9 Å². The molecule has 0 aliphatic rings. The molecule has 2 amide bonds. The first-order valence-electron chi connectivity index (χ1n) is 7.43. The van der Waals surface area contributed by atoms with Gasteiger partial charge in [-0.3, -0.25) is 20.4 Å². The minimum absolute atomic E-state index is 0.304. The molecular weight excluding hydrogens is 322 g/mol. The molecule has 7 heteroatoms. The molecule has 7 nitrogen and oxygen atoms in total. The van der Waals surface area contributed by atoms with Crippen molar-refractivity contribution < 1.29 is 19.1 Å². The summed E-state index contributed by atoms with van der Waals surface area (Å²) in [6, 6.07) is 15.4. The van der Waals surface area contributed by atoms with Crippen molar-refractivity contribution in [3.05, 3.63) is 65.2 Å². The van der Waals surface area contributed by atoms with Crippen molar-refractivity contribution in [3.8, 4) is 11.8 Å². The summed E-state index contributed by atoms with van der Waals surface area (Å²) < 4.78 is 10.3. The molecular formula is C18H17N3O4. The maximum atomic E-state index is 12.0. The molecule has 0 saturated heterocycles. The van der Waals surface area contributed by atoms with Crippen LogP contribution < -0.4 is 15.6 Å². The van der Waals surface area contributed by atoms with Crippen molar-refractivity contribution in [2.75, 3.05) is 13.7 Å². The standard InChI is InChI=1S/C18H17N3O4/c1-24-11-13-5-4-7-14(9-13)18(23)21-20-17(22)12-25-16-8-3-2-6-15(16)10-19/h2-9H,11-12H2,1H3,(H,20,22)(H,21,23). The van der Waals surface area contributed by atoms with Gasteiger partial charge in [0, 0.05) is 12.7 Å². The molecule has 0 aliphatic heterocycles. The number of carbonyl (C=O) groups is 2. The number of nitrogens with one attached hydrogen (secondary N) is 2. The number of hydrazine groups is 1. The zero-order chi connectivity index (χ0) is 18.1. The molecule has 2 rings (SSSR count). The van der Waals surface area contributed by atoms with Gasteiger partial charge in [-0.15, -0.1) is 0 Å². The van der Waals surface area contributed by atoms with E-state index in [4.69, 9.17) is 14.7 Å². The van der Waals surface area contributed by atoms with Crippen molar-refractivity contribution >= 4 is 11.8 Å². The Morgan fingerprint density at radius 3 is 2.68 bits per heavy atom. The summed E-state index contributed by atoms with van der Waals surface area (Å²) in [7, 11) is 1.57. The van der Waals surface area contributed by atoms with Gasteiger partial charge in [0.05, 0.1) is 12.2 Å². The maximum Gasteiger partial charge on any atom is 0.276 e. The van der Waals surface area contributed by atoms with Crippen LogP contribution in [0.25, 0.3) is 0 Å². The van der Waals surface area contributed by atoms with E-state index in [9.17, 15) is 9.59 Å². The number of para-hydroxylation sites is 1. The molecule has 2 aromatic carbocycles. The molecule has 25 heavy (non-hydrogen) atoms. The van der Waals surface area contributed by atoms with Crippen LogP contribution in [-0.4, -0.2) is 25.5 Å². The summed E-state index contributed by atoms with van der Waals surface area (Å²) >= 11 is 0. The number of amides is 2. The van der Waals surface area contributed by atoms with Crippen molar-refractivity contribution in [3.63, 3.8) is 0 Å². The summed E-state index contributed by atoms with van der Waals surface area (Å²) in [5, 5.41) is 8.95. The lowest BCUT2D eigenvalue weighted by Crippen LogP contribution is -2.43. The highest BCUT2D eigenvalue weighted by Crippen LogP contribution is 2.16. The van der Waals surface area contributed by atoms with Crippen molar-refractivity contribution in [2.24, 2.45) is 0 Å². The number of methoxy groups -OCH3 is 1. The average Bonchev–Trinajstić information content (AvgIpc) is 2.65. The molecule has 0 atom stereocenters. The second kappa shape index (κ2) is 9.05. The molecule has 0 aromatic heterocycles. The molecule has 0 bridgehead atoms. The van der Waals surface area contributed by atoms with E-state index in [1.807, 2.05) is 12.1 Å². The lowest BCUT2D eigenvalue weighted by molar-refractivity contribution is -0.123. The Bertz CT molecular complexity index is 799. The van der Waals surface area contributed by atoms with Gasteiger partial charge in [0.2, 0.25) is 0 Å². The van der Waals surface area contributed by atoms with Crippen LogP contribution in [0.1, 0.15) is 21.5 Å². The van der Waals surface area contributed by atoms with Crippen LogP contribution in [0.2, 0.25) is 0 Å². The monoisotopic (exact) mass is 339 g/mol. The van der Waals surface area contributed by atoms with Crippen molar-refractivity contribution in [1.29, 1.82) is 5.26 Å². The van der Waals surface area contributed by atoms with Crippen LogP contribution in [0.15, 0.2) is 48.5 Å². The Hall–Kier alpha value is -3.37. The summed E-state index contributed by atoms with van der Waals surface area (Å²) in [6.07, 6.45) is 0. The van der Waals surface area contributed by atoms with Crippen LogP contribution in [0.4, 0.5) is 0 Å².